The van der Waals surface area contributed by atoms with Gasteiger partial charge in [-0.1, -0.05) is 17.3 Å². The van der Waals surface area contributed by atoms with Crippen LogP contribution in [0.3, 0.4) is 0 Å². The molecule has 0 aliphatic carbocycles. The van der Waals surface area contributed by atoms with Crippen LogP contribution >= 0.6 is 23.1 Å². The number of ether oxygens (including phenoxy) is 1. The summed E-state index contributed by atoms with van der Waals surface area (Å²) in [5.74, 6) is 0.269. The number of esters is 1. The fourth-order valence-electron chi connectivity index (χ4n) is 2.17. The summed E-state index contributed by atoms with van der Waals surface area (Å²) in [5, 5.41) is 8.75. The van der Waals surface area contributed by atoms with Crippen LogP contribution in [0.25, 0.3) is 0 Å². The minimum atomic E-state index is -0.558. The number of aromatic nitrogens is 2. The molecule has 0 bridgehead atoms. The van der Waals surface area contributed by atoms with E-state index in [1.54, 1.807) is 12.1 Å². The van der Waals surface area contributed by atoms with Gasteiger partial charge in [0.25, 0.3) is 5.91 Å². The van der Waals surface area contributed by atoms with Crippen LogP contribution in [-0.4, -0.2) is 28.6 Å². The van der Waals surface area contributed by atoms with Crippen LogP contribution in [0.2, 0.25) is 0 Å². The Morgan fingerprint density at radius 3 is 2.78 bits per heavy atom. The molecule has 3 aromatic rings. The van der Waals surface area contributed by atoms with E-state index in [2.05, 4.69) is 15.5 Å². The Kier molecular flexibility index (Phi) is 6.25. The van der Waals surface area contributed by atoms with Crippen molar-refractivity contribution in [1.29, 1.82) is 0 Å². The first-order valence-corrected chi connectivity index (χ1v) is 9.91. The lowest BCUT2D eigenvalue weighted by atomic mass is 10.2. The van der Waals surface area contributed by atoms with Crippen molar-refractivity contribution in [2.24, 2.45) is 0 Å². The number of rotatable bonds is 7. The zero-order valence-electron chi connectivity index (χ0n) is 14.7. The topological polar surface area (TPSA) is 94.3 Å². The van der Waals surface area contributed by atoms with Gasteiger partial charge >= 0.3 is 5.97 Å². The summed E-state index contributed by atoms with van der Waals surface area (Å²) in [6.45, 7) is 3.31. The molecule has 2 heterocycles. The van der Waals surface area contributed by atoms with Crippen LogP contribution in [-0.2, 0) is 15.3 Å². The van der Waals surface area contributed by atoms with Gasteiger partial charge in [0.1, 0.15) is 5.76 Å². The van der Waals surface area contributed by atoms with E-state index in [0.717, 1.165) is 22.0 Å². The SMILES string of the molecule is Cc1cc(CSc2ccccc2C(=O)OCC(=O)Nc2nc(C)cs2)on1. The van der Waals surface area contributed by atoms with Crippen molar-refractivity contribution >= 4 is 40.1 Å². The molecule has 27 heavy (non-hydrogen) atoms. The lowest BCUT2D eigenvalue weighted by molar-refractivity contribution is -0.119. The van der Waals surface area contributed by atoms with Crippen molar-refractivity contribution in [2.75, 3.05) is 11.9 Å². The Balaban J connectivity index is 1.56. The molecular formula is C18H17N3O4S2. The standard InChI is InChI=1S/C18H17N3O4S2/c1-11-7-13(25-21-11)10-26-15-6-4-3-5-14(15)17(23)24-8-16(22)20-18-19-12(2)9-27-18/h3-7,9H,8,10H2,1-2H3,(H,19,20,22). The Labute approximate surface area is 164 Å². The van der Waals surface area contributed by atoms with E-state index in [1.807, 2.05) is 37.4 Å². The molecule has 3 rings (SSSR count). The minimum Gasteiger partial charge on any atom is -0.452 e. The van der Waals surface area contributed by atoms with E-state index >= 15 is 0 Å². The summed E-state index contributed by atoms with van der Waals surface area (Å²) >= 11 is 2.75. The van der Waals surface area contributed by atoms with E-state index in [1.165, 1.54) is 23.1 Å². The van der Waals surface area contributed by atoms with Gasteiger partial charge in [-0.15, -0.1) is 23.1 Å². The van der Waals surface area contributed by atoms with E-state index < -0.39 is 11.9 Å². The fraction of sp³-hybridized carbons (Fsp3) is 0.222. The number of carbonyl (C=O) groups excluding carboxylic acids is 2. The maximum Gasteiger partial charge on any atom is 0.339 e. The molecule has 7 nitrogen and oxygen atoms in total. The van der Waals surface area contributed by atoms with Crippen LogP contribution in [0.15, 0.2) is 45.1 Å². The number of nitrogens with one attached hydrogen (secondary N) is 1. The first-order valence-electron chi connectivity index (χ1n) is 8.04. The lowest BCUT2D eigenvalue weighted by Crippen LogP contribution is -2.21. The number of thioether (sulfide) groups is 1. The Morgan fingerprint density at radius 2 is 2.07 bits per heavy atom. The molecule has 0 aliphatic heterocycles. The van der Waals surface area contributed by atoms with Gasteiger partial charge in [0, 0.05) is 16.3 Å². The van der Waals surface area contributed by atoms with Gasteiger partial charge in [-0.05, 0) is 26.0 Å². The van der Waals surface area contributed by atoms with Gasteiger partial charge in [0.2, 0.25) is 0 Å². The van der Waals surface area contributed by atoms with E-state index in [9.17, 15) is 9.59 Å². The van der Waals surface area contributed by atoms with E-state index in [4.69, 9.17) is 9.26 Å². The van der Waals surface area contributed by atoms with Gasteiger partial charge < -0.3 is 9.26 Å². The van der Waals surface area contributed by atoms with Crippen molar-refractivity contribution in [3.63, 3.8) is 0 Å². The monoisotopic (exact) mass is 403 g/mol. The maximum atomic E-state index is 12.4. The summed E-state index contributed by atoms with van der Waals surface area (Å²) < 4.78 is 10.3. The lowest BCUT2D eigenvalue weighted by Gasteiger charge is -2.08. The van der Waals surface area contributed by atoms with Gasteiger partial charge in [0.05, 0.1) is 22.7 Å². The number of amides is 1. The number of benzene rings is 1. The summed E-state index contributed by atoms with van der Waals surface area (Å²) in [4.78, 5) is 29.2. The predicted octanol–water partition coefficient (Wildman–Crippen LogP) is 3.84. The zero-order chi connectivity index (χ0) is 19.2. The molecule has 140 valence electrons. The predicted molar refractivity (Wildman–Crippen MR) is 103 cm³/mol. The summed E-state index contributed by atoms with van der Waals surface area (Å²) in [7, 11) is 0. The van der Waals surface area contributed by atoms with Crippen LogP contribution in [0, 0.1) is 13.8 Å². The second kappa shape index (κ2) is 8.83. The molecule has 9 heteroatoms. The van der Waals surface area contributed by atoms with Gasteiger partial charge in [-0.3, -0.25) is 10.1 Å². The summed E-state index contributed by atoms with van der Waals surface area (Å²) in [6.07, 6.45) is 0. The second-order valence-electron chi connectivity index (χ2n) is 5.64. The zero-order valence-corrected chi connectivity index (χ0v) is 16.4. The van der Waals surface area contributed by atoms with E-state index in [-0.39, 0.29) is 6.61 Å². The quantitative estimate of drug-likeness (QED) is 0.473. The third kappa shape index (κ3) is 5.41. The molecule has 1 N–H and O–H groups in total. The highest BCUT2D eigenvalue weighted by Crippen LogP contribution is 2.27. The number of anilines is 1. The number of aryl methyl sites for hydroxylation is 2. The molecule has 0 atom stereocenters. The largest absolute Gasteiger partial charge is 0.452 e. The van der Waals surface area contributed by atoms with Crippen molar-refractivity contribution < 1.29 is 18.8 Å². The molecule has 0 saturated heterocycles. The smallest absolute Gasteiger partial charge is 0.339 e. The van der Waals surface area contributed by atoms with Crippen LogP contribution in [0.5, 0.6) is 0 Å². The van der Waals surface area contributed by atoms with Crippen molar-refractivity contribution in [2.45, 2.75) is 24.5 Å². The first kappa shape index (κ1) is 19.1. The molecule has 0 saturated carbocycles. The van der Waals surface area contributed by atoms with Crippen molar-refractivity contribution in [3.8, 4) is 0 Å². The van der Waals surface area contributed by atoms with Crippen LogP contribution in [0.1, 0.15) is 27.5 Å². The molecule has 1 amide bonds. The molecule has 0 aliphatic rings. The Hall–Kier alpha value is -2.65. The number of hydrogen-bond donors (Lipinski definition) is 1. The molecule has 0 fully saturated rings. The molecule has 1 aromatic carbocycles. The molecule has 0 unspecified atom stereocenters. The average Bonchev–Trinajstić information content (AvgIpc) is 3.26. The third-order valence-electron chi connectivity index (χ3n) is 3.35. The van der Waals surface area contributed by atoms with Crippen molar-refractivity contribution in [1.82, 2.24) is 10.1 Å². The van der Waals surface area contributed by atoms with Gasteiger partial charge in [0.15, 0.2) is 11.7 Å². The number of nitrogens with zero attached hydrogens (tertiary/aromatic N) is 2. The number of thiazole rings is 1. The average molecular weight is 403 g/mol. The highest BCUT2D eigenvalue weighted by molar-refractivity contribution is 7.98. The van der Waals surface area contributed by atoms with Crippen LogP contribution < -0.4 is 5.32 Å². The molecular weight excluding hydrogens is 386 g/mol. The minimum absolute atomic E-state index is 0.377. The maximum absolute atomic E-state index is 12.4. The fourth-order valence-corrected chi connectivity index (χ4v) is 3.79. The van der Waals surface area contributed by atoms with E-state index in [0.29, 0.717) is 16.4 Å². The van der Waals surface area contributed by atoms with Crippen molar-refractivity contribution in [3.05, 3.63) is 58.4 Å². The first-order chi connectivity index (χ1) is 13.0. The van der Waals surface area contributed by atoms with Gasteiger partial charge in [-0.25, -0.2) is 9.78 Å². The molecule has 0 spiro atoms. The Morgan fingerprint density at radius 1 is 1.26 bits per heavy atom. The molecule has 2 aromatic heterocycles. The normalized spacial score (nSPS) is 10.6. The number of hydrogen-bond acceptors (Lipinski definition) is 8. The van der Waals surface area contributed by atoms with Gasteiger partial charge in [-0.2, -0.15) is 0 Å². The molecule has 0 radical (unpaired) electrons. The summed E-state index contributed by atoms with van der Waals surface area (Å²) in [5.41, 5.74) is 2.02. The van der Waals surface area contributed by atoms with Crippen LogP contribution in [0.4, 0.5) is 5.13 Å². The highest BCUT2D eigenvalue weighted by atomic mass is 32.2. The third-order valence-corrected chi connectivity index (χ3v) is 5.32. The summed E-state index contributed by atoms with van der Waals surface area (Å²) in [6, 6.07) is 8.92. The Bertz CT molecular complexity index is 951. The number of carbonyl (C=O) groups is 2. The highest BCUT2D eigenvalue weighted by Gasteiger charge is 2.16. The second-order valence-corrected chi connectivity index (χ2v) is 7.51.